The predicted octanol–water partition coefficient (Wildman–Crippen LogP) is 2.06. The van der Waals surface area contributed by atoms with Crippen molar-refractivity contribution >= 4 is 5.91 Å². The molecule has 92 valence electrons. The van der Waals surface area contributed by atoms with Gasteiger partial charge in [-0.25, -0.2) is 0 Å². The number of allylic oxidation sites excluding steroid dienone is 2. The zero-order valence-electron chi connectivity index (χ0n) is 10.1. The summed E-state index contributed by atoms with van der Waals surface area (Å²) in [6.07, 6.45) is 2.00. The van der Waals surface area contributed by atoms with Crippen molar-refractivity contribution < 1.29 is 9.53 Å². The lowest BCUT2D eigenvalue weighted by atomic mass is 9.92. The van der Waals surface area contributed by atoms with Crippen LogP contribution in [-0.4, -0.2) is 12.1 Å². The Kier molecular flexibility index (Phi) is 3.63. The smallest absolute Gasteiger partial charge is 0.219 e. The Morgan fingerprint density at radius 3 is 2.78 bits per heavy atom. The Bertz CT molecular complexity index is 502. The fourth-order valence-corrected chi connectivity index (χ4v) is 2.03. The van der Waals surface area contributed by atoms with Gasteiger partial charge in [-0.2, -0.15) is 5.26 Å². The van der Waals surface area contributed by atoms with Crippen molar-refractivity contribution in [1.82, 2.24) is 5.32 Å². The lowest BCUT2D eigenvalue weighted by Crippen LogP contribution is -2.38. The highest BCUT2D eigenvalue weighted by Crippen LogP contribution is 2.29. The fourth-order valence-electron chi connectivity index (χ4n) is 2.03. The maximum atomic E-state index is 11.1. The van der Waals surface area contributed by atoms with Crippen LogP contribution in [0.4, 0.5) is 0 Å². The van der Waals surface area contributed by atoms with E-state index in [2.05, 4.69) is 5.32 Å². The van der Waals surface area contributed by atoms with Crippen molar-refractivity contribution in [2.24, 2.45) is 0 Å². The van der Waals surface area contributed by atoms with Crippen LogP contribution >= 0.6 is 0 Å². The minimum atomic E-state index is -0.438. The zero-order chi connectivity index (χ0) is 13.0. The average Bonchev–Trinajstić information content (AvgIpc) is 2.38. The Morgan fingerprint density at radius 1 is 1.44 bits per heavy atom. The van der Waals surface area contributed by atoms with E-state index >= 15 is 0 Å². The van der Waals surface area contributed by atoms with Crippen LogP contribution in [0, 0.1) is 11.3 Å². The van der Waals surface area contributed by atoms with Gasteiger partial charge >= 0.3 is 0 Å². The van der Waals surface area contributed by atoms with E-state index in [1.165, 1.54) is 6.92 Å². The maximum Gasteiger partial charge on any atom is 0.219 e. The van der Waals surface area contributed by atoms with Crippen LogP contribution in [0.3, 0.4) is 0 Å². The van der Waals surface area contributed by atoms with Crippen molar-refractivity contribution in [2.75, 3.05) is 0 Å². The lowest BCUT2D eigenvalue weighted by molar-refractivity contribution is -0.122. The third kappa shape index (κ3) is 2.89. The molecule has 0 unspecified atom stereocenters. The molecule has 0 aromatic heterocycles. The van der Waals surface area contributed by atoms with Crippen LogP contribution < -0.4 is 5.32 Å². The Morgan fingerprint density at radius 2 is 2.17 bits per heavy atom. The van der Waals surface area contributed by atoms with Crippen molar-refractivity contribution in [3.05, 3.63) is 47.7 Å². The number of rotatable bonds is 2. The Labute approximate surface area is 106 Å². The quantitative estimate of drug-likeness (QED) is 0.863. The molecule has 1 N–H and O–H groups in total. The number of nitriles is 1. The van der Waals surface area contributed by atoms with Gasteiger partial charge in [0.1, 0.15) is 6.07 Å². The van der Waals surface area contributed by atoms with E-state index in [0.29, 0.717) is 6.42 Å². The number of hydrogen-bond acceptors (Lipinski definition) is 3. The molecule has 18 heavy (non-hydrogen) atoms. The minimum absolute atomic E-state index is 0.0893. The third-order valence-electron chi connectivity index (χ3n) is 2.79. The van der Waals surface area contributed by atoms with Crippen molar-refractivity contribution in [1.29, 1.82) is 5.26 Å². The molecule has 1 aromatic carbocycles. The monoisotopic (exact) mass is 242 g/mol. The maximum absolute atomic E-state index is 11.1. The van der Waals surface area contributed by atoms with Gasteiger partial charge in [-0.3, -0.25) is 4.79 Å². The van der Waals surface area contributed by atoms with Crippen LogP contribution in [0.5, 0.6) is 0 Å². The van der Waals surface area contributed by atoms with E-state index in [9.17, 15) is 4.79 Å². The van der Waals surface area contributed by atoms with Gasteiger partial charge in [0, 0.05) is 19.3 Å². The second kappa shape index (κ2) is 5.37. The number of benzene rings is 1. The first-order valence-corrected chi connectivity index (χ1v) is 5.79. The summed E-state index contributed by atoms with van der Waals surface area (Å²) in [6.45, 7) is 1.44. The topological polar surface area (TPSA) is 62.1 Å². The largest absolute Gasteiger partial charge is 0.461 e. The van der Waals surface area contributed by atoms with Gasteiger partial charge in [-0.05, 0) is 11.6 Å². The number of nitrogens with zero attached hydrogens (tertiary/aromatic N) is 1. The predicted molar refractivity (Wildman–Crippen MR) is 66.2 cm³/mol. The summed E-state index contributed by atoms with van der Waals surface area (Å²) in [5, 5.41) is 11.6. The summed E-state index contributed by atoms with van der Waals surface area (Å²) in [6, 6.07) is 11.9. The summed E-state index contributed by atoms with van der Waals surface area (Å²) < 4.78 is 5.37. The molecule has 0 aliphatic carbocycles. The van der Waals surface area contributed by atoms with Gasteiger partial charge in [-0.1, -0.05) is 30.3 Å². The van der Waals surface area contributed by atoms with Crippen molar-refractivity contribution in [3.8, 4) is 6.07 Å². The fraction of sp³-hybridized carbons (Fsp3) is 0.286. The number of hydrogen-bond donors (Lipinski definition) is 1. The number of nitrogens with one attached hydrogen (secondary N) is 1. The van der Waals surface area contributed by atoms with Gasteiger partial charge in [-0.15, -0.1) is 0 Å². The highest BCUT2D eigenvalue weighted by Gasteiger charge is 2.25. The number of carbonyl (C=O) groups is 1. The van der Waals surface area contributed by atoms with Gasteiger partial charge in [0.05, 0.1) is 0 Å². The normalized spacial score (nSPS) is 22.3. The van der Waals surface area contributed by atoms with E-state index in [1.807, 2.05) is 36.4 Å². The lowest BCUT2D eigenvalue weighted by Gasteiger charge is -2.27. The summed E-state index contributed by atoms with van der Waals surface area (Å²) in [7, 11) is 0. The summed E-state index contributed by atoms with van der Waals surface area (Å²) in [4.78, 5) is 11.1. The molecule has 1 aliphatic heterocycles. The molecular weight excluding hydrogens is 228 g/mol. The van der Waals surface area contributed by atoms with Gasteiger partial charge in [0.15, 0.2) is 12.0 Å². The average molecular weight is 242 g/mol. The second-order valence-corrected chi connectivity index (χ2v) is 4.20. The molecule has 4 nitrogen and oxygen atoms in total. The van der Waals surface area contributed by atoms with Crippen LogP contribution in [0.1, 0.15) is 24.8 Å². The zero-order valence-corrected chi connectivity index (χ0v) is 10.1. The molecule has 0 spiro atoms. The molecule has 0 fully saturated rings. The van der Waals surface area contributed by atoms with E-state index in [0.717, 1.165) is 5.56 Å². The van der Waals surface area contributed by atoms with Gasteiger partial charge in [0.2, 0.25) is 5.91 Å². The van der Waals surface area contributed by atoms with Gasteiger partial charge in [0.25, 0.3) is 0 Å². The van der Waals surface area contributed by atoms with Crippen molar-refractivity contribution in [2.45, 2.75) is 25.5 Å². The summed E-state index contributed by atoms with van der Waals surface area (Å²) >= 11 is 0. The minimum Gasteiger partial charge on any atom is -0.461 e. The van der Waals surface area contributed by atoms with E-state index < -0.39 is 6.23 Å². The van der Waals surface area contributed by atoms with Crippen LogP contribution in [0.15, 0.2) is 42.2 Å². The first kappa shape index (κ1) is 12.2. The number of carbonyl (C=O) groups excluding carboxylic acids is 1. The van der Waals surface area contributed by atoms with Crippen LogP contribution in [0.2, 0.25) is 0 Å². The van der Waals surface area contributed by atoms with E-state index in [1.54, 1.807) is 6.08 Å². The summed E-state index contributed by atoms with van der Waals surface area (Å²) in [5.74, 6) is 0.186. The second-order valence-electron chi connectivity index (χ2n) is 4.20. The molecule has 0 radical (unpaired) electrons. The van der Waals surface area contributed by atoms with Crippen molar-refractivity contribution in [3.63, 3.8) is 0 Å². The molecular formula is C14H14N2O2. The van der Waals surface area contributed by atoms with Gasteiger partial charge < -0.3 is 10.1 Å². The molecule has 1 aliphatic rings. The SMILES string of the molecule is CC(=O)N[C@H]1C[C@H](c2ccccc2)C=C(C#N)O1. The first-order chi connectivity index (χ1) is 8.69. The molecule has 2 rings (SSSR count). The third-order valence-corrected chi connectivity index (χ3v) is 2.79. The molecule has 2 atom stereocenters. The highest BCUT2D eigenvalue weighted by molar-refractivity contribution is 5.73. The Balaban J connectivity index is 2.20. The molecule has 4 heteroatoms. The van der Waals surface area contributed by atoms with Crippen LogP contribution in [-0.2, 0) is 9.53 Å². The number of ether oxygens (including phenoxy) is 1. The van der Waals surface area contributed by atoms with E-state index in [4.69, 9.17) is 10.00 Å². The van der Waals surface area contributed by atoms with Crippen LogP contribution in [0.25, 0.3) is 0 Å². The summed E-state index contributed by atoms with van der Waals surface area (Å²) in [5.41, 5.74) is 1.11. The first-order valence-electron chi connectivity index (χ1n) is 5.79. The molecule has 0 bridgehead atoms. The molecule has 1 aromatic rings. The molecule has 1 heterocycles. The number of amides is 1. The van der Waals surface area contributed by atoms with E-state index in [-0.39, 0.29) is 17.6 Å². The molecule has 1 amide bonds. The standard InChI is InChI=1S/C14H14N2O2/c1-10(17)16-14-8-12(7-13(9-15)18-14)11-5-3-2-4-6-11/h2-7,12,14H,8H2,1H3,(H,16,17)/t12-,14-/m1/s1. The molecule has 0 saturated carbocycles. The highest BCUT2D eigenvalue weighted by atomic mass is 16.5. The molecule has 0 saturated heterocycles. The Hall–Kier alpha value is -2.28.